The number of halogens is 3. The first-order chi connectivity index (χ1) is 14.2. The first-order valence-corrected chi connectivity index (χ1v) is 9.96. The van der Waals surface area contributed by atoms with Crippen LogP contribution in [0.25, 0.3) is 0 Å². The van der Waals surface area contributed by atoms with Gasteiger partial charge in [-0.05, 0) is 55.9 Å². The zero-order valence-electron chi connectivity index (χ0n) is 16.8. The highest BCUT2D eigenvalue weighted by atomic mass is 19.4. The Morgan fingerprint density at radius 1 is 1.23 bits per heavy atom. The molecular weight excluding hydrogens is 397 g/mol. The normalized spacial score (nSPS) is 15.3. The minimum Gasteiger partial charge on any atom is -0.352 e. The van der Waals surface area contributed by atoms with E-state index in [9.17, 15) is 22.8 Å². The van der Waals surface area contributed by atoms with Crippen LogP contribution in [-0.2, 0) is 17.5 Å². The Morgan fingerprint density at radius 2 is 1.97 bits per heavy atom. The molecule has 2 N–H and O–H groups in total. The van der Waals surface area contributed by atoms with Gasteiger partial charge in [0.15, 0.2) is 0 Å². The van der Waals surface area contributed by atoms with Crippen LogP contribution in [0.5, 0.6) is 0 Å². The average Bonchev–Trinajstić information content (AvgIpc) is 3.16. The third-order valence-corrected chi connectivity index (χ3v) is 5.35. The summed E-state index contributed by atoms with van der Waals surface area (Å²) in [4.78, 5) is 26.3. The molecule has 162 valence electrons. The van der Waals surface area contributed by atoms with Crippen LogP contribution in [0, 0.1) is 12.8 Å². The lowest BCUT2D eigenvalue weighted by molar-refractivity contribution is -0.137. The standard InChI is InChI=1S/C21H25F3N4O2/c1-14-11-18(27-26-14)20(30)28-9-7-15(8-10-28)5-6-19(29)25-13-16-3-2-4-17(12-16)21(22,23)24/h2-4,11-12,15H,5-10,13H2,1H3,(H,25,29)(H,26,27). The first kappa shape index (κ1) is 21.9. The molecule has 2 heterocycles. The van der Waals surface area contributed by atoms with Crippen LogP contribution in [0.2, 0.25) is 0 Å². The summed E-state index contributed by atoms with van der Waals surface area (Å²) in [6, 6.07) is 6.68. The molecule has 1 saturated heterocycles. The molecule has 2 amide bonds. The van der Waals surface area contributed by atoms with Crippen molar-refractivity contribution < 1.29 is 22.8 Å². The van der Waals surface area contributed by atoms with Crippen LogP contribution in [0.15, 0.2) is 30.3 Å². The van der Waals surface area contributed by atoms with Crippen molar-refractivity contribution in [1.29, 1.82) is 0 Å². The summed E-state index contributed by atoms with van der Waals surface area (Å²) in [5.41, 5.74) is 0.948. The number of aromatic amines is 1. The lowest BCUT2D eigenvalue weighted by Crippen LogP contribution is -2.39. The van der Waals surface area contributed by atoms with Crippen molar-refractivity contribution >= 4 is 11.8 Å². The van der Waals surface area contributed by atoms with Crippen molar-refractivity contribution in [2.24, 2.45) is 5.92 Å². The van der Waals surface area contributed by atoms with Gasteiger partial charge in [0.25, 0.3) is 5.91 Å². The number of nitrogens with zero attached hydrogens (tertiary/aromatic N) is 2. The van der Waals surface area contributed by atoms with Crippen LogP contribution in [-0.4, -0.2) is 40.0 Å². The molecule has 1 aromatic carbocycles. The number of aromatic nitrogens is 2. The molecule has 1 aliphatic heterocycles. The highest BCUT2D eigenvalue weighted by Gasteiger charge is 2.30. The Balaban J connectivity index is 1.38. The van der Waals surface area contributed by atoms with Crippen LogP contribution in [0.3, 0.4) is 0 Å². The van der Waals surface area contributed by atoms with Crippen LogP contribution in [0.4, 0.5) is 13.2 Å². The van der Waals surface area contributed by atoms with E-state index in [-0.39, 0.29) is 18.4 Å². The fourth-order valence-electron chi connectivity index (χ4n) is 3.60. The number of nitrogens with one attached hydrogen (secondary N) is 2. The quantitative estimate of drug-likeness (QED) is 0.745. The van der Waals surface area contributed by atoms with Gasteiger partial charge in [0, 0.05) is 31.7 Å². The molecule has 0 aliphatic carbocycles. The molecule has 3 rings (SSSR count). The van der Waals surface area contributed by atoms with Crippen molar-refractivity contribution in [1.82, 2.24) is 20.4 Å². The molecule has 0 radical (unpaired) electrons. The lowest BCUT2D eigenvalue weighted by Gasteiger charge is -2.31. The smallest absolute Gasteiger partial charge is 0.352 e. The van der Waals surface area contributed by atoms with Crippen molar-refractivity contribution in [3.05, 3.63) is 52.8 Å². The van der Waals surface area contributed by atoms with E-state index in [1.807, 2.05) is 6.92 Å². The van der Waals surface area contributed by atoms with E-state index in [1.54, 1.807) is 17.0 Å². The average molecular weight is 422 g/mol. The van der Waals surface area contributed by atoms with Gasteiger partial charge in [-0.3, -0.25) is 14.7 Å². The summed E-state index contributed by atoms with van der Waals surface area (Å²) in [7, 11) is 0. The van der Waals surface area contributed by atoms with E-state index in [0.29, 0.717) is 43.1 Å². The maximum atomic E-state index is 12.8. The third kappa shape index (κ3) is 5.84. The second kappa shape index (κ2) is 9.32. The number of carbonyl (C=O) groups is 2. The van der Waals surface area contributed by atoms with Crippen molar-refractivity contribution in [3.8, 4) is 0 Å². The minimum atomic E-state index is -4.40. The maximum absolute atomic E-state index is 12.8. The molecule has 2 aromatic rings. The van der Waals surface area contributed by atoms with E-state index >= 15 is 0 Å². The molecule has 9 heteroatoms. The van der Waals surface area contributed by atoms with Crippen molar-refractivity contribution in [2.45, 2.75) is 45.3 Å². The zero-order chi connectivity index (χ0) is 21.7. The summed E-state index contributed by atoms with van der Waals surface area (Å²) >= 11 is 0. The summed E-state index contributed by atoms with van der Waals surface area (Å²) in [6.45, 7) is 3.16. The number of piperidine rings is 1. The number of likely N-dealkylation sites (tertiary alicyclic amines) is 1. The number of hydrogen-bond acceptors (Lipinski definition) is 3. The number of benzene rings is 1. The molecule has 1 aromatic heterocycles. The Labute approximate surface area is 172 Å². The number of amides is 2. The Hall–Kier alpha value is -2.84. The van der Waals surface area contributed by atoms with Gasteiger partial charge in [0.2, 0.25) is 5.91 Å². The van der Waals surface area contributed by atoms with Gasteiger partial charge in [-0.1, -0.05) is 12.1 Å². The first-order valence-electron chi connectivity index (χ1n) is 9.96. The predicted molar refractivity (Wildman–Crippen MR) is 104 cm³/mol. The molecular formula is C21H25F3N4O2. The number of alkyl halides is 3. The van der Waals surface area contributed by atoms with Crippen LogP contribution in [0.1, 0.15) is 53.0 Å². The Morgan fingerprint density at radius 3 is 2.60 bits per heavy atom. The topological polar surface area (TPSA) is 78.1 Å². The van der Waals surface area contributed by atoms with E-state index in [0.717, 1.165) is 30.7 Å². The SMILES string of the molecule is Cc1cc(C(=O)N2CCC(CCC(=O)NCc3cccc(C(F)(F)F)c3)CC2)n[nH]1. The number of aryl methyl sites for hydroxylation is 1. The summed E-state index contributed by atoms with van der Waals surface area (Å²) < 4.78 is 38.3. The second-order valence-electron chi connectivity index (χ2n) is 7.69. The largest absolute Gasteiger partial charge is 0.416 e. The molecule has 0 saturated carbocycles. The summed E-state index contributed by atoms with van der Waals surface area (Å²) in [6.07, 6.45) is -1.76. The van der Waals surface area contributed by atoms with Gasteiger partial charge in [-0.25, -0.2) is 0 Å². The molecule has 0 unspecified atom stereocenters. The molecule has 1 aliphatic rings. The van der Waals surface area contributed by atoms with Crippen molar-refractivity contribution in [3.63, 3.8) is 0 Å². The highest BCUT2D eigenvalue weighted by molar-refractivity contribution is 5.92. The molecule has 0 bridgehead atoms. The highest BCUT2D eigenvalue weighted by Crippen LogP contribution is 2.29. The van der Waals surface area contributed by atoms with E-state index in [2.05, 4.69) is 15.5 Å². The fraction of sp³-hybridized carbons (Fsp3) is 0.476. The molecule has 30 heavy (non-hydrogen) atoms. The fourth-order valence-corrected chi connectivity index (χ4v) is 3.60. The summed E-state index contributed by atoms with van der Waals surface area (Å²) in [5.74, 6) is 0.0730. The maximum Gasteiger partial charge on any atom is 0.416 e. The van der Waals surface area contributed by atoms with Gasteiger partial charge in [0.1, 0.15) is 5.69 Å². The van der Waals surface area contributed by atoms with Gasteiger partial charge < -0.3 is 10.2 Å². The Bertz CT molecular complexity index is 886. The van der Waals surface area contributed by atoms with Gasteiger partial charge in [-0.2, -0.15) is 18.3 Å². The second-order valence-corrected chi connectivity index (χ2v) is 7.69. The number of rotatable bonds is 6. The third-order valence-electron chi connectivity index (χ3n) is 5.35. The van der Waals surface area contributed by atoms with Crippen molar-refractivity contribution in [2.75, 3.05) is 13.1 Å². The van der Waals surface area contributed by atoms with Gasteiger partial charge in [-0.15, -0.1) is 0 Å². The monoisotopic (exact) mass is 422 g/mol. The summed E-state index contributed by atoms with van der Waals surface area (Å²) in [5, 5.41) is 9.45. The van der Waals surface area contributed by atoms with Gasteiger partial charge in [0.05, 0.1) is 5.56 Å². The van der Waals surface area contributed by atoms with Crippen LogP contribution < -0.4 is 5.32 Å². The van der Waals surface area contributed by atoms with E-state index in [1.165, 1.54) is 6.07 Å². The van der Waals surface area contributed by atoms with Gasteiger partial charge >= 0.3 is 6.18 Å². The molecule has 6 nitrogen and oxygen atoms in total. The Kier molecular flexibility index (Phi) is 6.79. The van der Waals surface area contributed by atoms with E-state index in [4.69, 9.17) is 0 Å². The predicted octanol–water partition coefficient (Wildman–Crippen LogP) is 3.69. The zero-order valence-corrected chi connectivity index (χ0v) is 16.8. The number of H-pyrrole nitrogens is 1. The molecule has 0 atom stereocenters. The number of carbonyl (C=O) groups excluding carboxylic acids is 2. The van der Waals surface area contributed by atoms with Crippen LogP contribution >= 0.6 is 0 Å². The minimum absolute atomic E-state index is 0.0682. The molecule has 0 spiro atoms. The number of hydrogen-bond donors (Lipinski definition) is 2. The molecule has 1 fully saturated rings. The van der Waals surface area contributed by atoms with E-state index < -0.39 is 11.7 Å². The lowest BCUT2D eigenvalue weighted by atomic mass is 9.92.